The van der Waals surface area contributed by atoms with Crippen molar-refractivity contribution in [2.45, 2.75) is 37.4 Å². The Hall–Kier alpha value is -3.65. The number of nitrogens with zero attached hydrogens (tertiary/aromatic N) is 6. The fraction of sp³-hybridized carbons (Fsp3) is 0.457. The summed E-state index contributed by atoms with van der Waals surface area (Å²) >= 11 is 12.5. The third kappa shape index (κ3) is 7.45. The maximum atomic E-state index is 12.6. The maximum absolute atomic E-state index is 12.6. The number of nitrogens with one attached hydrogen (secondary N) is 2. The van der Waals surface area contributed by atoms with Crippen LogP contribution in [0.4, 0.5) is 28.7 Å². The van der Waals surface area contributed by atoms with Gasteiger partial charge in [0.1, 0.15) is 17.9 Å². The molecule has 0 aliphatic carbocycles. The first kappa shape index (κ1) is 33.8. The molecule has 2 aromatic carbocycles. The van der Waals surface area contributed by atoms with Crippen LogP contribution in [0.25, 0.3) is 0 Å². The van der Waals surface area contributed by atoms with E-state index in [1.807, 2.05) is 30.3 Å². The molecule has 49 heavy (non-hydrogen) atoms. The van der Waals surface area contributed by atoms with Gasteiger partial charge in [-0.1, -0.05) is 35.8 Å². The van der Waals surface area contributed by atoms with Crippen LogP contribution in [0.3, 0.4) is 0 Å². The summed E-state index contributed by atoms with van der Waals surface area (Å²) in [5.74, 6) is 1.45. The third-order valence-corrected chi connectivity index (χ3v) is 10.7. The van der Waals surface area contributed by atoms with Crippen LogP contribution in [0.15, 0.2) is 55.4 Å². The zero-order chi connectivity index (χ0) is 33.9. The zero-order valence-corrected chi connectivity index (χ0v) is 29.1. The van der Waals surface area contributed by atoms with Crippen molar-refractivity contribution >= 4 is 57.8 Å². The van der Waals surface area contributed by atoms with Gasteiger partial charge in [0, 0.05) is 63.9 Å². The average molecular weight is 710 g/mol. The summed E-state index contributed by atoms with van der Waals surface area (Å²) < 4.78 is 11.3. The molecule has 3 aromatic rings. The van der Waals surface area contributed by atoms with Gasteiger partial charge in [-0.25, -0.2) is 15.0 Å². The van der Waals surface area contributed by atoms with Gasteiger partial charge in [0.05, 0.1) is 66.1 Å². The highest BCUT2D eigenvalue weighted by atomic mass is 35.5. The molecule has 14 heteroatoms. The highest BCUT2D eigenvalue weighted by Gasteiger charge is 2.33. The number of hydrogen-bond donors (Lipinski definition) is 2. The number of hydroxylamine groups is 1. The summed E-state index contributed by atoms with van der Waals surface area (Å²) in [6, 6.07) is 12.3. The Balaban J connectivity index is 1.07. The number of rotatable bonds is 10. The van der Waals surface area contributed by atoms with Gasteiger partial charge in [0.25, 0.3) is 0 Å². The molecule has 2 N–H and O–H groups in total. The highest BCUT2D eigenvalue weighted by molar-refractivity contribution is 6.42. The van der Waals surface area contributed by atoms with Crippen molar-refractivity contribution in [3.05, 3.63) is 71.0 Å². The van der Waals surface area contributed by atoms with Crippen molar-refractivity contribution in [3.8, 4) is 5.75 Å². The molecule has 260 valence electrons. The van der Waals surface area contributed by atoms with Gasteiger partial charge in [0.15, 0.2) is 5.82 Å². The molecule has 4 aliphatic rings. The Kier molecular flexibility index (Phi) is 10.4. The molecule has 4 aliphatic heterocycles. The second kappa shape index (κ2) is 15.1. The normalized spacial score (nSPS) is 21.0. The van der Waals surface area contributed by atoms with Crippen molar-refractivity contribution in [2.75, 3.05) is 86.8 Å². The number of halogens is 2. The molecule has 1 amide bonds. The fourth-order valence-electron chi connectivity index (χ4n) is 7.15. The van der Waals surface area contributed by atoms with Gasteiger partial charge in [0.2, 0.25) is 5.91 Å². The maximum Gasteiger partial charge on any atom is 0.247 e. The largest absolute Gasteiger partial charge is 0.494 e. The number of carbonyl (C=O) groups excluding carboxylic acids is 1. The number of anilines is 5. The molecule has 0 bridgehead atoms. The van der Waals surface area contributed by atoms with Crippen LogP contribution in [0.1, 0.15) is 30.9 Å². The van der Waals surface area contributed by atoms with E-state index < -0.39 is 0 Å². The molecule has 1 unspecified atom stereocenters. The molecule has 4 saturated heterocycles. The summed E-state index contributed by atoms with van der Waals surface area (Å²) in [6.45, 7) is 12.1. The van der Waals surface area contributed by atoms with Crippen molar-refractivity contribution in [1.82, 2.24) is 19.8 Å². The zero-order valence-electron chi connectivity index (χ0n) is 27.6. The third-order valence-electron chi connectivity index (χ3n) is 9.94. The van der Waals surface area contributed by atoms with Crippen molar-refractivity contribution < 1.29 is 19.1 Å². The number of benzene rings is 2. The van der Waals surface area contributed by atoms with Crippen LogP contribution in [0, 0.1) is 0 Å². The van der Waals surface area contributed by atoms with E-state index >= 15 is 0 Å². The summed E-state index contributed by atoms with van der Waals surface area (Å²) in [7, 11) is 1.64. The molecule has 1 atom stereocenters. The summed E-state index contributed by atoms with van der Waals surface area (Å²) in [5.41, 5.74) is 3.19. The van der Waals surface area contributed by atoms with Crippen molar-refractivity contribution in [2.24, 2.45) is 0 Å². The number of aromatic nitrogens is 2. The predicted octanol–water partition coefficient (Wildman–Crippen LogP) is 5.53. The highest BCUT2D eigenvalue weighted by Crippen LogP contribution is 2.41. The smallest absolute Gasteiger partial charge is 0.247 e. The lowest BCUT2D eigenvalue weighted by Crippen LogP contribution is -2.59. The van der Waals surface area contributed by atoms with E-state index in [9.17, 15) is 4.79 Å². The Bertz CT molecular complexity index is 1660. The number of hydrogen-bond acceptors (Lipinski definition) is 11. The monoisotopic (exact) mass is 708 g/mol. The van der Waals surface area contributed by atoms with E-state index in [-0.39, 0.29) is 11.9 Å². The van der Waals surface area contributed by atoms with Crippen molar-refractivity contribution in [3.63, 3.8) is 0 Å². The SMILES string of the molecule is C=CC(=O)Nc1cc(Nc2cc(N3OCCC3c3ccc(Cl)c(Cl)c3)ncn2)c(OC)cc1N1CCC(N2CCN(C3COC3)CC2)CC1. The summed E-state index contributed by atoms with van der Waals surface area (Å²) in [6.07, 6.45) is 5.62. The number of piperidine rings is 1. The molecule has 0 saturated carbocycles. The standard InChI is InChI=1S/C35H42Cl2N8O4/c1-3-35(46)41-28-17-29(40-33-19-34(39-22-38-33)45-30(8-15-49-45)23-4-5-26(36)27(37)16-23)32(47-2)18-31(28)44-9-6-24(7-10-44)42-11-13-43(14-12-42)25-20-48-21-25/h3-5,16-19,22,24-25,30H,1,6-15,20-21H2,2H3,(H,41,46)(H,38,39,40). The predicted molar refractivity (Wildman–Crippen MR) is 192 cm³/mol. The number of piperazine rings is 1. The minimum absolute atomic E-state index is 0.0942. The molecule has 12 nitrogen and oxygen atoms in total. The number of carbonyl (C=O) groups is 1. The lowest BCUT2D eigenvalue weighted by atomic mass is 10.0. The molecule has 7 rings (SSSR count). The van der Waals surface area contributed by atoms with Gasteiger partial charge >= 0.3 is 0 Å². The van der Waals surface area contributed by atoms with Crippen LogP contribution in [-0.4, -0.2) is 104 Å². The van der Waals surface area contributed by atoms with Gasteiger partial charge in [-0.3, -0.25) is 19.4 Å². The number of ether oxygens (including phenoxy) is 2. The molecule has 0 spiro atoms. The van der Waals surface area contributed by atoms with Crippen LogP contribution in [-0.2, 0) is 14.4 Å². The fourth-order valence-corrected chi connectivity index (χ4v) is 7.45. The first-order chi connectivity index (χ1) is 23.9. The molecular formula is C35H42Cl2N8O4. The molecule has 1 aromatic heterocycles. The lowest BCUT2D eigenvalue weighted by Gasteiger charge is -2.46. The van der Waals surface area contributed by atoms with Crippen LogP contribution >= 0.6 is 23.2 Å². The molecular weight excluding hydrogens is 667 g/mol. The summed E-state index contributed by atoms with van der Waals surface area (Å²) in [5, 5.41) is 9.17. The molecule has 5 heterocycles. The first-order valence-corrected chi connectivity index (χ1v) is 17.6. The van der Waals surface area contributed by atoms with E-state index in [1.54, 1.807) is 18.2 Å². The Morgan fingerprint density at radius 2 is 1.69 bits per heavy atom. The van der Waals surface area contributed by atoms with E-state index in [0.29, 0.717) is 57.5 Å². The van der Waals surface area contributed by atoms with E-state index in [4.69, 9.17) is 37.5 Å². The molecule has 4 fully saturated rings. The lowest BCUT2D eigenvalue weighted by molar-refractivity contribution is -0.111. The number of methoxy groups -OCH3 is 1. The summed E-state index contributed by atoms with van der Waals surface area (Å²) in [4.78, 5) is 35.1. The average Bonchev–Trinajstić information content (AvgIpc) is 3.60. The van der Waals surface area contributed by atoms with Crippen LogP contribution in [0.5, 0.6) is 5.75 Å². The van der Waals surface area contributed by atoms with Crippen LogP contribution in [0.2, 0.25) is 10.0 Å². The van der Waals surface area contributed by atoms with Gasteiger partial charge in [-0.15, -0.1) is 0 Å². The Morgan fingerprint density at radius 3 is 2.37 bits per heavy atom. The second-order valence-electron chi connectivity index (χ2n) is 12.8. The quantitative estimate of drug-likeness (QED) is 0.260. The van der Waals surface area contributed by atoms with Gasteiger partial charge in [-0.05, 0) is 42.7 Å². The second-order valence-corrected chi connectivity index (χ2v) is 13.6. The van der Waals surface area contributed by atoms with Crippen molar-refractivity contribution in [1.29, 1.82) is 0 Å². The van der Waals surface area contributed by atoms with E-state index in [2.05, 4.69) is 41.9 Å². The van der Waals surface area contributed by atoms with Gasteiger partial charge < -0.3 is 25.0 Å². The first-order valence-electron chi connectivity index (χ1n) is 16.8. The number of amides is 1. The minimum atomic E-state index is -0.286. The van der Waals surface area contributed by atoms with Crippen LogP contribution < -0.4 is 25.3 Å². The Labute approximate surface area is 296 Å². The van der Waals surface area contributed by atoms with Gasteiger partial charge in [-0.2, -0.15) is 0 Å². The van der Waals surface area contributed by atoms with E-state index in [0.717, 1.165) is 83.0 Å². The minimum Gasteiger partial charge on any atom is -0.494 e. The Morgan fingerprint density at radius 1 is 0.939 bits per heavy atom. The van der Waals surface area contributed by atoms with E-state index in [1.165, 1.54) is 12.4 Å². The molecule has 0 radical (unpaired) electrons. The topological polar surface area (TPSA) is 108 Å².